The fraction of sp³-hybridized carbons (Fsp3) is 0.571. The summed E-state index contributed by atoms with van der Waals surface area (Å²) in [6.45, 7) is 7.23. The maximum Gasteiger partial charge on any atom is 0.407 e. The standard InChI is InChI=1S/C28H36N4O6/c1-28(2,3)23-17-19(13-14-31(23)27(36)37)38-15-7-5-6-8-18-9-10-20-22(16-18)30(4)26(35)32(20)21-11-12-24(33)29-25(21)34/h9-10,16,19,21,23H,5,7,11-15,17H2,1-4H3,(H,36,37)(H,29,33,34). The predicted octanol–water partition coefficient (Wildman–Crippen LogP) is 3.02. The molecule has 2 fully saturated rings. The number of piperidine rings is 2. The van der Waals surface area contributed by atoms with Crippen LogP contribution in [0.1, 0.15) is 70.9 Å². The number of imide groups is 1. The normalized spacial score (nSPS) is 22.2. The lowest BCUT2D eigenvalue weighted by Gasteiger charge is -2.44. The summed E-state index contributed by atoms with van der Waals surface area (Å²) >= 11 is 0. The number of carboxylic acid groups (broad SMARTS) is 1. The maximum absolute atomic E-state index is 12.9. The molecular formula is C28H36N4O6. The number of benzene rings is 1. The Hall–Kier alpha value is -3.58. The highest BCUT2D eigenvalue weighted by atomic mass is 16.5. The van der Waals surface area contributed by atoms with Crippen molar-refractivity contribution < 1.29 is 24.2 Å². The van der Waals surface area contributed by atoms with Crippen LogP contribution in [0.5, 0.6) is 0 Å². The van der Waals surface area contributed by atoms with Gasteiger partial charge in [0.15, 0.2) is 0 Å². The molecule has 3 unspecified atom stereocenters. The van der Waals surface area contributed by atoms with Crippen LogP contribution in [0.2, 0.25) is 0 Å². The van der Waals surface area contributed by atoms with Gasteiger partial charge in [0.05, 0.1) is 17.1 Å². The number of hydrogen-bond acceptors (Lipinski definition) is 5. The topological polar surface area (TPSA) is 123 Å². The van der Waals surface area contributed by atoms with Gasteiger partial charge in [-0.3, -0.25) is 24.0 Å². The molecule has 0 bridgehead atoms. The van der Waals surface area contributed by atoms with Crippen molar-refractivity contribution in [2.75, 3.05) is 13.2 Å². The lowest BCUT2D eigenvalue weighted by molar-refractivity contribution is -0.135. The summed E-state index contributed by atoms with van der Waals surface area (Å²) in [5, 5.41) is 11.8. The van der Waals surface area contributed by atoms with Crippen molar-refractivity contribution in [1.29, 1.82) is 0 Å². The molecule has 0 saturated carbocycles. The smallest absolute Gasteiger partial charge is 0.407 e. The van der Waals surface area contributed by atoms with Crippen LogP contribution in [-0.4, -0.2) is 62.3 Å². The highest BCUT2D eigenvalue weighted by Crippen LogP contribution is 2.33. The largest absolute Gasteiger partial charge is 0.465 e. The molecule has 0 aliphatic carbocycles. The monoisotopic (exact) mass is 524 g/mol. The van der Waals surface area contributed by atoms with E-state index in [-0.39, 0.29) is 35.6 Å². The molecule has 2 saturated heterocycles. The van der Waals surface area contributed by atoms with Crippen molar-refractivity contribution in [1.82, 2.24) is 19.4 Å². The van der Waals surface area contributed by atoms with Crippen molar-refractivity contribution >= 4 is 28.9 Å². The van der Waals surface area contributed by atoms with E-state index < -0.39 is 18.0 Å². The third kappa shape index (κ3) is 5.78. The number of fused-ring (bicyclic) bond motifs is 1. The number of likely N-dealkylation sites (tertiary alicyclic amines) is 1. The lowest BCUT2D eigenvalue weighted by Crippen LogP contribution is -2.53. The van der Waals surface area contributed by atoms with Crippen LogP contribution in [0.25, 0.3) is 11.0 Å². The van der Waals surface area contributed by atoms with E-state index in [1.807, 2.05) is 12.1 Å². The molecule has 2 aliphatic rings. The molecule has 0 spiro atoms. The van der Waals surface area contributed by atoms with E-state index in [0.717, 1.165) is 12.0 Å². The highest BCUT2D eigenvalue weighted by molar-refractivity contribution is 6.00. The molecule has 2 aliphatic heterocycles. The molecule has 10 nitrogen and oxygen atoms in total. The summed E-state index contributed by atoms with van der Waals surface area (Å²) in [7, 11) is 1.66. The van der Waals surface area contributed by atoms with E-state index in [0.29, 0.717) is 49.9 Å². The van der Waals surface area contributed by atoms with Gasteiger partial charge in [-0.1, -0.05) is 32.6 Å². The van der Waals surface area contributed by atoms with Crippen molar-refractivity contribution in [3.8, 4) is 11.8 Å². The molecule has 2 N–H and O–H groups in total. The van der Waals surface area contributed by atoms with Gasteiger partial charge in [0.2, 0.25) is 11.8 Å². The van der Waals surface area contributed by atoms with Gasteiger partial charge in [-0.15, -0.1) is 0 Å². The first kappa shape index (κ1) is 27.5. The Morgan fingerprint density at radius 2 is 1.95 bits per heavy atom. The van der Waals surface area contributed by atoms with Gasteiger partial charge in [-0.25, -0.2) is 9.59 Å². The van der Waals surface area contributed by atoms with E-state index >= 15 is 0 Å². The number of ether oxygens (including phenoxy) is 1. The summed E-state index contributed by atoms with van der Waals surface area (Å²) in [4.78, 5) is 49.9. The van der Waals surface area contributed by atoms with Crippen molar-refractivity contribution in [3.05, 3.63) is 34.2 Å². The summed E-state index contributed by atoms with van der Waals surface area (Å²) in [6, 6.07) is 4.68. The van der Waals surface area contributed by atoms with E-state index in [2.05, 4.69) is 37.9 Å². The fourth-order valence-electron chi connectivity index (χ4n) is 5.38. The minimum atomic E-state index is -0.871. The number of amides is 3. The number of nitrogens with one attached hydrogen (secondary N) is 1. The van der Waals surface area contributed by atoms with Gasteiger partial charge in [-0.2, -0.15) is 0 Å². The Bertz CT molecular complexity index is 1360. The highest BCUT2D eigenvalue weighted by Gasteiger charge is 2.39. The Kier molecular flexibility index (Phi) is 7.97. The van der Waals surface area contributed by atoms with Gasteiger partial charge in [0, 0.05) is 44.6 Å². The lowest BCUT2D eigenvalue weighted by atomic mass is 9.80. The number of hydrogen-bond donors (Lipinski definition) is 2. The van der Waals surface area contributed by atoms with Crippen molar-refractivity contribution in [2.45, 2.75) is 77.5 Å². The second-order valence-electron chi connectivity index (χ2n) is 11.2. The predicted molar refractivity (Wildman–Crippen MR) is 142 cm³/mol. The number of aromatic nitrogens is 2. The molecule has 10 heteroatoms. The van der Waals surface area contributed by atoms with Crippen LogP contribution >= 0.6 is 0 Å². The first-order chi connectivity index (χ1) is 18.0. The van der Waals surface area contributed by atoms with Crippen LogP contribution in [-0.2, 0) is 21.4 Å². The van der Waals surface area contributed by atoms with Gasteiger partial charge >= 0.3 is 11.8 Å². The Balaban J connectivity index is 1.34. The Labute approximate surface area is 221 Å². The zero-order chi connectivity index (χ0) is 27.6. The van der Waals surface area contributed by atoms with Crippen LogP contribution in [0.4, 0.5) is 4.79 Å². The quantitative estimate of drug-likeness (QED) is 0.352. The van der Waals surface area contributed by atoms with Crippen LogP contribution in [0, 0.1) is 17.3 Å². The third-order valence-electron chi connectivity index (χ3n) is 7.44. The van der Waals surface area contributed by atoms with Gasteiger partial charge in [0.25, 0.3) is 0 Å². The summed E-state index contributed by atoms with van der Waals surface area (Å²) in [6.07, 6.45) is 2.46. The number of unbranched alkanes of at least 4 members (excludes halogenated alkanes) is 1. The van der Waals surface area contributed by atoms with E-state index in [4.69, 9.17) is 4.74 Å². The van der Waals surface area contributed by atoms with E-state index in [1.54, 1.807) is 13.1 Å². The molecule has 1 aromatic carbocycles. The Morgan fingerprint density at radius 3 is 2.63 bits per heavy atom. The average molecular weight is 525 g/mol. The zero-order valence-electron chi connectivity index (χ0n) is 22.5. The second kappa shape index (κ2) is 11.0. The average Bonchev–Trinajstić information content (AvgIpc) is 3.10. The third-order valence-corrected chi connectivity index (χ3v) is 7.44. The molecule has 3 atom stereocenters. The first-order valence-electron chi connectivity index (χ1n) is 13.1. The molecular weight excluding hydrogens is 488 g/mol. The minimum Gasteiger partial charge on any atom is -0.465 e. The molecule has 38 heavy (non-hydrogen) atoms. The number of carbonyl (C=O) groups excluding carboxylic acids is 2. The van der Waals surface area contributed by atoms with Crippen LogP contribution in [0.15, 0.2) is 23.0 Å². The van der Waals surface area contributed by atoms with Gasteiger partial charge in [-0.05, 0) is 49.3 Å². The molecule has 3 heterocycles. The number of carbonyl (C=O) groups is 3. The minimum absolute atomic E-state index is 0.0416. The van der Waals surface area contributed by atoms with Crippen LogP contribution < -0.4 is 11.0 Å². The van der Waals surface area contributed by atoms with Crippen molar-refractivity contribution in [2.24, 2.45) is 12.5 Å². The number of rotatable bonds is 5. The maximum atomic E-state index is 12.9. The molecule has 4 rings (SSSR count). The zero-order valence-corrected chi connectivity index (χ0v) is 22.5. The molecule has 204 valence electrons. The van der Waals surface area contributed by atoms with E-state index in [9.17, 15) is 24.3 Å². The number of nitrogens with zero attached hydrogens (tertiary/aromatic N) is 3. The molecule has 0 radical (unpaired) electrons. The number of aryl methyl sites for hydroxylation is 1. The second-order valence-corrected chi connectivity index (χ2v) is 11.2. The first-order valence-corrected chi connectivity index (χ1v) is 13.1. The van der Waals surface area contributed by atoms with Crippen molar-refractivity contribution in [3.63, 3.8) is 0 Å². The molecule has 3 amide bonds. The molecule has 2 aromatic rings. The van der Waals surface area contributed by atoms with Gasteiger partial charge < -0.3 is 14.7 Å². The summed E-state index contributed by atoms with van der Waals surface area (Å²) in [5.41, 5.74) is 1.62. The van der Waals surface area contributed by atoms with E-state index in [1.165, 1.54) is 14.0 Å². The number of imidazole rings is 1. The summed E-state index contributed by atoms with van der Waals surface area (Å²) < 4.78 is 9.02. The fourth-order valence-corrected chi connectivity index (χ4v) is 5.38. The Morgan fingerprint density at radius 1 is 1.18 bits per heavy atom. The SMILES string of the molecule is Cn1c(=O)n(C2CCC(=O)NC2=O)c2ccc(C#CCCCOC3CCN(C(=O)O)C(C(C)(C)C)C3)cc21. The van der Waals surface area contributed by atoms with Gasteiger partial charge in [0.1, 0.15) is 6.04 Å². The van der Waals surface area contributed by atoms with Crippen LogP contribution in [0.3, 0.4) is 0 Å². The molecule has 1 aromatic heterocycles. The summed E-state index contributed by atoms with van der Waals surface area (Å²) in [5.74, 6) is 5.53.